The number of amides is 1. The van der Waals surface area contributed by atoms with Crippen molar-refractivity contribution in [1.82, 2.24) is 4.31 Å². The van der Waals surface area contributed by atoms with E-state index in [-0.39, 0.29) is 22.1 Å². The zero-order chi connectivity index (χ0) is 21.8. The Labute approximate surface area is 176 Å². The minimum absolute atomic E-state index is 0.0718. The monoisotopic (exact) mass is 449 g/mol. The van der Waals surface area contributed by atoms with Crippen LogP contribution in [0, 0.1) is 0 Å². The summed E-state index contributed by atoms with van der Waals surface area (Å²) in [6, 6.07) is 9.30. The van der Waals surface area contributed by atoms with Crippen molar-refractivity contribution >= 4 is 37.3 Å². The summed E-state index contributed by atoms with van der Waals surface area (Å²) >= 11 is 0. The third-order valence-electron chi connectivity index (χ3n) is 5.62. The van der Waals surface area contributed by atoms with Gasteiger partial charge in [0.15, 0.2) is 0 Å². The summed E-state index contributed by atoms with van der Waals surface area (Å²) in [5.41, 5.74) is 2.58. The molecule has 2 heterocycles. The van der Waals surface area contributed by atoms with Crippen molar-refractivity contribution in [3.05, 3.63) is 47.5 Å². The lowest BCUT2D eigenvalue weighted by Crippen LogP contribution is -2.35. The van der Waals surface area contributed by atoms with Gasteiger partial charge in [0.2, 0.25) is 15.9 Å². The number of aryl methyl sites for hydroxylation is 1. The van der Waals surface area contributed by atoms with Gasteiger partial charge in [-0.25, -0.2) is 21.1 Å². The summed E-state index contributed by atoms with van der Waals surface area (Å²) < 4.78 is 54.2. The lowest BCUT2D eigenvalue weighted by Gasteiger charge is -2.31. The lowest BCUT2D eigenvalue weighted by molar-refractivity contribution is -0.117. The molecule has 30 heavy (non-hydrogen) atoms. The van der Waals surface area contributed by atoms with Gasteiger partial charge in [0.05, 0.1) is 21.9 Å². The van der Waals surface area contributed by atoms with Gasteiger partial charge in [-0.1, -0.05) is 0 Å². The standard InChI is InChI=1S/C20H23N3O5S2/c1-21(2)29(25,26)16-7-9-19-14(11-16)5-4-10-23(19)30(27,28)17-6-8-18-15(12-17)13-20(24)22(18)3/h6-9,11-12H,4-5,10,13H2,1-3H3. The van der Waals surface area contributed by atoms with Gasteiger partial charge < -0.3 is 4.90 Å². The first kappa shape index (κ1) is 20.8. The Bertz CT molecular complexity index is 1250. The maximum absolute atomic E-state index is 13.4. The van der Waals surface area contributed by atoms with Crippen LogP contribution in [0.1, 0.15) is 17.5 Å². The predicted molar refractivity (Wildman–Crippen MR) is 114 cm³/mol. The van der Waals surface area contributed by atoms with E-state index in [4.69, 9.17) is 0 Å². The average molecular weight is 450 g/mol. The average Bonchev–Trinajstić information content (AvgIpc) is 3.00. The maximum Gasteiger partial charge on any atom is 0.264 e. The SMILES string of the molecule is CN1C(=O)Cc2cc(S(=O)(=O)N3CCCc4cc(S(=O)(=O)N(C)C)ccc43)ccc21. The van der Waals surface area contributed by atoms with E-state index < -0.39 is 20.0 Å². The summed E-state index contributed by atoms with van der Waals surface area (Å²) in [5, 5.41) is 0. The highest BCUT2D eigenvalue weighted by molar-refractivity contribution is 7.92. The van der Waals surface area contributed by atoms with Crippen LogP contribution in [0.3, 0.4) is 0 Å². The van der Waals surface area contributed by atoms with E-state index in [1.165, 1.54) is 35.4 Å². The zero-order valence-electron chi connectivity index (χ0n) is 17.0. The molecule has 0 atom stereocenters. The van der Waals surface area contributed by atoms with Crippen molar-refractivity contribution in [3.63, 3.8) is 0 Å². The van der Waals surface area contributed by atoms with Crippen LogP contribution in [0.4, 0.5) is 11.4 Å². The van der Waals surface area contributed by atoms with Crippen molar-refractivity contribution in [2.75, 3.05) is 36.9 Å². The van der Waals surface area contributed by atoms with Crippen LogP contribution >= 0.6 is 0 Å². The fraction of sp³-hybridized carbons (Fsp3) is 0.350. The number of nitrogens with zero attached hydrogens (tertiary/aromatic N) is 3. The number of carbonyl (C=O) groups excluding carboxylic acids is 1. The van der Waals surface area contributed by atoms with Gasteiger partial charge in [-0.05, 0) is 60.4 Å². The van der Waals surface area contributed by atoms with E-state index >= 15 is 0 Å². The second kappa shape index (κ2) is 7.07. The molecule has 4 rings (SSSR count). The van der Waals surface area contributed by atoms with E-state index in [1.54, 1.807) is 31.3 Å². The molecule has 0 spiro atoms. The number of sulfonamides is 2. The Kier molecular flexibility index (Phi) is 4.91. The summed E-state index contributed by atoms with van der Waals surface area (Å²) in [6.07, 6.45) is 1.36. The molecule has 8 nitrogen and oxygen atoms in total. The molecule has 2 aliphatic rings. The van der Waals surface area contributed by atoms with Crippen LogP contribution in [0.2, 0.25) is 0 Å². The van der Waals surface area contributed by atoms with Crippen molar-refractivity contribution in [1.29, 1.82) is 0 Å². The minimum Gasteiger partial charge on any atom is -0.315 e. The molecule has 2 aromatic carbocycles. The molecule has 0 saturated carbocycles. The third-order valence-corrected chi connectivity index (χ3v) is 9.24. The molecule has 0 N–H and O–H groups in total. The number of rotatable bonds is 4. The van der Waals surface area contributed by atoms with Gasteiger partial charge in [0, 0.05) is 33.4 Å². The molecule has 0 unspecified atom stereocenters. The highest BCUT2D eigenvalue weighted by atomic mass is 32.2. The smallest absolute Gasteiger partial charge is 0.264 e. The normalized spacial score (nSPS) is 16.7. The molecule has 2 aliphatic heterocycles. The zero-order valence-corrected chi connectivity index (χ0v) is 18.6. The molecule has 0 aliphatic carbocycles. The van der Waals surface area contributed by atoms with Gasteiger partial charge >= 0.3 is 0 Å². The molecular weight excluding hydrogens is 426 g/mol. The molecular formula is C20H23N3O5S2. The van der Waals surface area contributed by atoms with Gasteiger partial charge in [-0.2, -0.15) is 0 Å². The van der Waals surface area contributed by atoms with E-state index in [1.807, 2.05) is 0 Å². The van der Waals surface area contributed by atoms with Gasteiger partial charge in [-0.15, -0.1) is 0 Å². The van der Waals surface area contributed by atoms with Crippen molar-refractivity contribution in [3.8, 4) is 0 Å². The van der Waals surface area contributed by atoms with Crippen LogP contribution in [0.5, 0.6) is 0 Å². The van der Waals surface area contributed by atoms with Crippen LogP contribution in [-0.2, 0) is 37.7 Å². The third kappa shape index (κ3) is 3.19. The van der Waals surface area contributed by atoms with Gasteiger partial charge in [0.1, 0.15) is 0 Å². The minimum atomic E-state index is -3.85. The molecule has 0 bridgehead atoms. The van der Waals surface area contributed by atoms with Gasteiger partial charge in [0.25, 0.3) is 10.0 Å². The number of hydrogen-bond donors (Lipinski definition) is 0. The molecule has 0 radical (unpaired) electrons. The first-order valence-electron chi connectivity index (χ1n) is 9.51. The maximum atomic E-state index is 13.4. The summed E-state index contributed by atoms with van der Waals surface area (Å²) in [6.45, 7) is 0.311. The first-order valence-corrected chi connectivity index (χ1v) is 12.4. The molecule has 0 saturated heterocycles. The number of fused-ring (bicyclic) bond motifs is 2. The summed E-state index contributed by atoms with van der Waals surface area (Å²) in [5.74, 6) is -0.0718. The van der Waals surface area contributed by atoms with Crippen molar-refractivity contribution < 1.29 is 21.6 Å². The number of carbonyl (C=O) groups is 1. The van der Waals surface area contributed by atoms with Crippen molar-refractivity contribution in [2.45, 2.75) is 29.1 Å². The molecule has 10 heteroatoms. The van der Waals surface area contributed by atoms with Crippen LogP contribution in [-0.4, -0.2) is 54.7 Å². The number of anilines is 2. The Hall–Kier alpha value is -2.43. The fourth-order valence-corrected chi connectivity index (χ4v) is 6.44. The van der Waals surface area contributed by atoms with Gasteiger partial charge in [-0.3, -0.25) is 9.10 Å². The van der Waals surface area contributed by atoms with Crippen LogP contribution in [0.25, 0.3) is 0 Å². The topological polar surface area (TPSA) is 95.1 Å². The lowest BCUT2D eigenvalue weighted by atomic mass is 10.0. The number of benzene rings is 2. The second-order valence-electron chi connectivity index (χ2n) is 7.68. The van der Waals surface area contributed by atoms with Crippen molar-refractivity contribution in [2.24, 2.45) is 0 Å². The summed E-state index contributed by atoms with van der Waals surface area (Å²) in [4.78, 5) is 13.7. The highest BCUT2D eigenvalue weighted by Crippen LogP contribution is 2.36. The first-order chi connectivity index (χ1) is 14.0. The van der Waals surface area contributed by atoms with Crippen LogP contribution < -0.4 is 9.21 Å². The Balaban J connectivity index is 1.75. The molecule has 2 aromatic rings. The fourth-order valence-electron chi connectivity index (χ4n) is 3.89. The van der Waals surface area contributed by atoms with E-state index in [0.717, 1.165) is 9.99 Å². The summed E-state index contributed by atoms with van der Waals surface area (Å²) in [7, 11) is -2.87. The Morgan fingerprint density at radius 3 is 2.23 bits per heavy atom. The predicted octanol–water partition coefficient (Wildman–Crippen LogP) is 1.60. The quantitative estimate of drug-likeness (QED) is 0.707. The van der Waals surface area contributed by atoms with E-state index in [2.05, 4.69) is 0 Å². The largest absolute Gasteiger partial charge is 0.315 e. The molecule has 0 fully saturated rings. The second-order valence-corrected chi connectivity index (χ2v) is 11.7. The van der Waals surface area contributed by atoms with Crippen LogP contribution in [0.15, 0.2) is 46.2 Å². The number of hydrogen-bond acceptors (Lipinski definition) is 5. The molecule has 160 valence electrons. The Morgan fingerprint density at radius 1 is 0.900 bits per heavy atom. The highest BCUT2D eigenvalue weighted by Gasteiger charge is 2.32. The Morgan fingerprint density at radius 2 is 1.53 bits per heavy atom. The van der Waals surface area contributed by atoms with E-state index in [0.29, 0.717) is 36.2 Å². The molecule has 0 aromatic heterocycles. The number of likely N-dealkylation sites (N-methyl/N-ethyl adjacent to an activating group) is 1. The van der Waals surface area contributed by atoms with E-state index in [9.17, 15) is 21.6 Å². The molecule has 1 amide bonds.